The minimum Gasteiger partial charge on any atom is -0.381 e. The van der Waals surface area contributed by atoms with E-state index in [0.717, 1.165) is 89.0 Å². The molecule has 0 spiro atoms. The van der Waals surface area contributed by atoms with Crippen molar-refractivity contribution in [1.29, 1.82) is 0 Å². The van der Waals surface area contributed by atoms with Crippen LogP contribution in [0.2, 0.25) is 5.02 Å². The third kappa shape index (κ3) is 34.0. The van der Waals surface area contributed by atoms with Crippen LogP contribution in [0.1, 0.15) is 242 Å². The van der Waals surface area contributed by atoms with Crippen LogP contribution in [0.15, 0.2) is 36.4 Å². The number of benzene rings is 2. The van der Waals surface area contributed by atoms with Crippen molar-refractivity contribution in [2.45, 2.75) is 358 Å². The van der Waals surface area contributed by atoms with E-state index < -0.39 is 0 Å². The summed E-state index contributed by atoms with van der Waals surface area (Å²) in [7, 11) is 1.82. The Morgan fingerprint density at radius 2 is 1.15 bits per heavy atom. The van der Waals surface area contributed by atoms with Crippen molar-refractivity contribution in [3.05, 3.63) is 69.7 Å². The van der Waals surface area contributed by atoms with Gasteiger partial charge in [0.15, 0.2) is 0 Å². The molecule has 15 nitrogen and oxygen atoms in total. The monoisotopic (exact) mass is 1430 g/mol. The van der Waals surface area contributed by atoms with Gasteiger partial charge in [-0.25, -0.2) is 8.78 Å². The average Bonchev–Trinajstić information content (AvgIpc) is 1.50. The number of amides is 1. The van der Waals surface area contributed by atoms with Gasteiger partial charge in [0.05, 0.1) is 68.6 Å². The zero-order chi connectivity index (χ0) is 75.8. The van der Waals surface area contributed by atoms with Crippen LogP contribution >= 0.6 is 11.6 Å². The number of carbonyl (C=O) groups is 1. The minimum atomic E-state index is -0.348. The second kappa shape index (κ2) is 42.8. The van der Waals surface area contributed by atoms with Crippen LogP contribution < -0.4 is 10.6 Å². The summed E-state index contributed by atoms with van der Waals surface area (Å²) in [5, 5.41) is 7.15. The zero-order valence-corrected chi connectivity index (χ0v) is 69.8. The number of hydrogen-bond acceptors (Lipinski definition) is 14. The number of carbonyl (C=O) groups excluding carboxylic acids is 1. The molecule has 0 radical (unpaired) electrons. The number of ether oxygens (including phenoxy) is 6. The number of piperidine rings is 2. The average molecular weight is 1430 g/mol. The first kappa shape index (κ1) is 91.7. The summed E-state index contributed by atoms with van der Waals surface area (Å²) in [4.78, 5) is 25.6. The Kier molecular flexibility index (Phi) is 39.2. The van der Waals surface area contributed by atoms with Crippen molar-refractivity contribution < 1.29 is 42.0 Å². The summed E-state index contributed by atoms with van der Waals surface area (Å²) in [5.41, 5.74) is 3.73. The molecule has 9 saturated heterocycles. The number of halogens is 3. The fourth-order valence-electron chi connectivity index (χ4n) is 15.3. The molecule has 18 heteroatoms. The predicted octanol–water partition coefficient (Wildman–Crippen LogP) is 15.7. The van der Waals surface area contributed by atoms with Crippen LogP contribution in [0, 0.1) is 18.6 Å². The molecule has 4 unspecified atom stereocenters. The van der Waals surface area contributed by atoms with E-state index in [9.17, 15) is 13.6 Å². The first-order valence-corrected chi connectivity index (χ1v) is 39.0. The fourth-order valence-corrected chi connectivity index (χ4v) is 15.5. The van der Waals surface area contributed by atoms with E-state index in [1.807, 2.05) is 44.1 Å². The van der Waals surface area contributed by atoms with E-state index in [4.69, 9.17) is 40.0 Å². The molecule has 1 amide bonds. The van der Waals surface area contributed by atoms with Gasteiger partial charge in [-0.2, -0.15) is 0 Å². The molecule has 8 atom stereocenters. The Morgan fingerprint density at radius 1 is 0.600 bits per heavy atom. The normalized spacial score (nSPS) is 25.1. The van der Waals surface area contributed by atoms with Crippen LogP contribution in [0.3, 0.4) is 0 Å². The van der Waals surface area contributed by atoms with Gasteiger partial charge in [0.1, 0.15) is 18.2 Å². The zero-order valence-electron chi connectivity index (χ0n) is 69.1. The summed E-state index contributed by atoms with van der Waals surface area (Å²) in [6.07, 6.45) is 11.4. The Hall–Kier alpha value is -2.46. The number of nitrogens with one attached hydrogen (secondary N) is 2. The van der Waals surface area contributed by atoms with Crippen LogP contribution in [0.4, 0.5) is 8.78 Å². The van der Waals surface area contributed by atoms with Crippen LogP contribution in [-0.4, -0.2) is 240 Å². The third-order valence-corrected chi connectivity index (χ3v) is 20.2. The maximum Gasteiger partial charge on any atom is 0.248 e. The van der Waals surface area contributed by atoms with Crippen molar-refractivity contribution in [3.63, 3.8) is 0 Å². The summed E-state index contributed by atoms with van der Waals surface area (Å²) < 4.78 is 59.2. The molecule has 100 heavy (non-hydrogen) atoms. The first-order chi connectivity index (χ1) is 46.2. The van der Waals surface area contributed by atoms with Gasteiger partial charge in [0.2, 0.25) is 5.91 Å². The highest BCUT2D eigenvalue weighted by atomic mass is 35.5. The van der Waals surface area contributed by atoms with Crippen LogP contribution in [-0.2, 0) is 46.1 Å². The molecule has 0 saturated carbocycles. The second-order valence-corrected chi connectivity index (χ2v) is 35.9. The first-order valence-electron chi connectivity index (χ1n) is 38.6. The highest BCUT2D eigenvalue weighted by Crippen LogP contribution is 2.34. The van der Waals surface area contributed by atoms with Crippen molar-refractivity contribution in [2.75, 3.05) is 92.6 Å². The number of fused-ring (bicyclic) bond motifs is 5. The van der Waals surface area contributed by atoms with Crippen molar-refractivity contribution in [2.24, 2.45) is 0 Å². The summed E-state index contributed by atoms with van der Waals surface area (Å²) in [6, 6.07) is 15.6. The molecular weight excluding hydrogens is 1280 g/mol. The molecule has 9 fully saturated rings. The van der Waals surface area contributed by atoms with Gasteiger partial charge < -0.3 is 44.0 Å². The Bertz CT molecular complexity index is 2570. The number of hydrogen-bond donors (Lipinski definition) is 2. The van der Waals surface area contributed by atoms with Crippen molar-refractivity contribution in [1.82, 2.24) is 40.0 Å². The smallest absolute Gasteiger partial charge is 0.248 e. The van der Waals surface area contributed by atoms with Gasteiger partial charge in [-0.05, 0) is 252 Å². The topological polar surface area (TPSA) is 116 Å². The van der Waals surface area contributed by atoms with Crippen LogP contribution in [0.5, 0.6) is 0 Å². The maximum absolute atomic E-state index is 13.4. The lowest BCUT2D eigenvalue weighted by Gasteiger charge is -2.47. The van der Waals surface area contributed by atoms with Gasteiger partial charge >= 0.3 is 0 Å². The number of morpholine rings is 5. The molecule has 2 N–H and O–H groups in total. The molecule has 9 aliphatic rings. The quantitative estimate of drug-likeness (QED) is 0.198. The van der Waals surface area contributed by atoms with E-state index in [-0.39, 0.29) is 45.8 Å². The molecule has 582 valence electrons. The molecule has 0 aromatic heterocycles. The molecule has 9 heterocycles. The second-order valence-electron chi connectivity index (χ2n) is 35.5. The molecule has 11 rings (SSSR count). The lowest BCUT2D eigenvalue weighted by molar-refractivity contribution is -0.144. The van der Waals surface area contributed by atoms with Gasteiger partial charge in [-0.3, -0.25) is 29.3 Å². The highest BCUT2D eigenvalue weighted by molar-refractivity contribution is 6.30. The summed E-state index contributed by atoms with van der Waals surface area (Å²) in [5.74, 6) is -0.335. The molecule has 4 bridgehead atoms. The SMILES string of the molecule is CC(C)(C)N1CC2CC1CO2.CC(C)N1CC2CCC1CO2.CC(C)N1CCOCC1=O.CC(C)N1C[C@H](C)O[C@@H](C)C1.CC(C)NC(C)(C)Cc1ccc(Cl)c(F)c1.COC1CCN(C(C)(C)C)CC1.C[C@@H]1COC[C@@H](C)N1C(C)(C)C.Cc1ccc(CCC(C)(C)NC(C)C)cc1F. The molecule has 0 aliphatic carbocycles. The fraction of sp³-hybridized carbons (Fsp3) is 0.841. The van der Waals surface area contributed by atoms with Gasteiger partial charge in [-0.1, -0.05) is 57.5 Å². The van der Waals surface area contributed by atoms with E-state index in [2.05, 4.69) is 208 Å². The van der Waals surface area contributed by atoms with Crippen molar-refractivity contribution >= 4 is 17.5 Å². The van der Waals surface area contributed by atoms with Gasteiger partial charge in [-0.15, -0.1) is 0 Å². The summed E-state index contributed by atoms with van der Waals surface area (Å²) in [6.45, 7) is 73.5. The minimum absolute atomic E-state index is 0.0472. The third-order valence-electron chi connectivity index (χ3n) is 19.9. The lowest BCUT2D eigenvalue weighted by Crippen LogP contribution is -2.57. The largest absolute Gasteiger partial charge is 0.381 e. The Balaban J connectivity index is 0.000000299. The Labute approximate surface area is 616 Å². The maximum atomic E-state index is 13.4. The van der Waals surface area contributed by atoms with E-state index in [0.29, 0.717) is 102 Å². The number of aryl methyl sites for hydroxylation is 2. The number of nitrogens with zero attached hydrogens (tertiary/aromatic N) is 6. The van der Waals surface area contributed by atoms with E-state index in [1.165, 1.54) is 57.8 Å². The number of methoxy groups -OCH3 is 1. The number of likely N-dealkylation sites (tertiary alicyclic amines) is 2. The van der Waals surface area contributed by atoms with Crippen LogP contribution in [0.25, 0.3) is 0 Å². The predicted molar refractivity (Wildman–Crippen MR) is 416 cm³/mol. The van der Waals surface area contributed by atoms with Crippen molar-refractivity contribution in [3.8, 4) is 0 Å². The standard InChI is InChI=1S/C15H24FN.C13H19ClFN.2C10H21NO.2C9H17NO.C9H19NO.C7H13NO2/c1-11(2)17-15(4,5)9-8-13-7-6-12(3)14(16)10-13;1-9(2)16-13(3,4)8-10-5-6-11(14)12(15)7-10;1-8-6-12-7-9(2)11(8)10(3,4)5;1-10(2,3)11-7-5-9(12-4)6-8-11;1-9(2,3)10-5-8-4-7(10)6-11-8;1-7(2)10-5-9-4-3-8(10)6-11-9;1-7(2)10-5-8(3)11-9(4)6-10;1-6(2)8-3-4-10-5-7(8)9/h6-7,10-11,17H,8-9H2,1-5H3;5-7,9,16H,8H2,1-4H3;8-9H,6-7H2,1-5H3;9H,5-8H2,1-4H3;7-8H,4-6H2,1-3H3;7-9H,3-6H2,1-2H3;7-9H,5-6H2,1-4H3;6H,3-5H2,1-2H3/t;;8-,9-;;;;8-,9-;/m..1...0./s1. The van der Waals surface area contributed by atoms with Gasteiger partial charge in [0, 0.05) is 135 Å². The molecule has 2 aromatic carbocycles. The molecule has 2 aromatic rings. The Morgan fingerprint density at radius 3 is 1.53 bits per heavy atom. The summed E-state index contributed by atoms with van der Waals surface area (Å²) >= 11 is 5.65. The van der Waals surface area contributed by atoms with E-state index >= 15 is 0 Å². The highest BCUT2D eigenvalue weighted by Gasteiger charge is 2.43. The van der Waals surface area contributed by atoms with E-state index in [1.54, 1.807) is 19.1 Å². The molecule has 9 aliphatic heterocycles. The lowest BCUT2D eigenvalue weighted by atomic mass is 9.94. The molecular formula is C82H151ClF2N8O7. The number of rotatable bonds is 13. The van der Waals surface area contributed by atoms with Gasteiger partial charge in [0.25, 0.3) is 0 Å².